The molecule has 2 aromatic rings. The maximum absolute atomic E-state index is 14.8. The van der Waals surface area contributed by atoms with Gasteiger partial charge in [-0.15, -0.1) is 0 Å². The highest BCUT2D eigenvalue weighted by atomic mass is 19.1. The average molecular weight is 387 g/mol. The number of nitrogens with zero attached hydrogens (tertiary/aromatic N) is 3. The van der Waals surface area contributed by atoms with E-state index in [0.29, 0.717) is 11.6 Å². The molecule has 3 rings (SSSR count). The van der Waals surface area contributed by atoms with Crippen LogP contribution in [-0.4, -0.2) is 34.7 Å². The summed E-state index contributed by atoms with van der Waals surface area (Å²) in [6.45, 7) is 6.64. The lowest BCUT2D eigenvalue weighted by atomic mass is 9.67. The molecule has 0 unspecified atom stereocenters. The smallest absolute Gasteiger partial charge is 0.277 e. The molecule has 0 aliphatic carbocycles. The van der Waals surface area contributed by atoms with E-state index in [1.165, 1.54) is 36.4 Å². The quantitative estimate of drug-likeness (QED) is 0.839. The van der Waals surface area contributed by atoms with Crippen molar-refractivity contribution in [2.45, 2.75) is 33.2 Å². The first-order chi connectivity index (χ1) is 13.0. The van der Waals surface area contributed by atoms with Gasteiger partial charge in [-0.3, -0.25) is 14.5 Å². The summed E-state index contributed by atoms with van der Waals surface area (Å²) in [6.07, 6.45) is 1.24. The van der Waals surface area contributed by atoms with Crippen LogP contribution >= 0.6 is 0 Å². The van der Waals surface area contributed by atoms with Crippen LogP contribution in [0.5, 0.6) is 0 Å². The Morgan fingerprint density at radius 2 is 2.00 bits per heavy atom. The number of anilines is 1. The Kier molecular flexibility index (Phi) is 4.49. The summed E-state index contributed by atoms with van der Waals surface area (Å²) < 4.78 is 19.8. The normalized spacial score (nSPS) is 21.4. The number of aryl methyl sites for hydroxylation is 1. The van der Waals surface area contributed by atoms with E-state index >= 15 is 0 Å². The summed E-state index contributed by atoms with van der Waals surface area (Å²) >= 11 is 0. The average Bonchev–Trinajstić information content (AvgIpc) is 3.07. The fourth-order valence-corrected chi connectivity index (χ4v) is 3.21. The number of guanidine groups is 1. The van der Waals surface area contributed by atoms with Crippen LogP contribution in [0.25, 0.3) is 0 Å². The predicted octanol–water partition coefficient (Wildman–Crippen LogP) is 2.40. The molecule has 8 nitrogen and oxygen atoms in total. The summed E-state index contributed by atoms with van der Waals surface area (Å²) in [5, 5.41) is 2.65. The lowest BCUT2D eigenvalue weighted by molar-refractivity contribution is -0.140. The molecule has 0 bridgehead atoms. The van der Waals surface area contributed by atoms with Crippen LogP contribution in [0.3, 0.4) is 0 Å². The van der Waals surface area contributed by atoms with Crippen LogP contribution in [0.15, 0.2) is 33.9 Å². The largest absolute Gasteiger partial charge is 0.448 e. The van der Waals surface area contributed by atoms with Gasteiger partial charge in [0.1, 0.15) is 17.6 Å². The van der Waals surface area contributed by atoms with Gasteiger partial charge in [0.25, 0.3) is 5.91 Å². The lowest BCUT2D eigenvalue weighted by Crippen LogP contribution is -2.58. The van der Waals surface area contributed by atoms with Gasteiger partial charge in [-0.05, 0) is 39.0 Å². The monoisotopic (exact) mass is 387 g/mol. The van der Waals surface area contributed by atoms with Crippen molar-refractivity contribution in [3.63, 3.8) is 0 Å². The van der Waals surface area contributed by atoms with E-state index in [0.717, 1.165) is 0 Å². The summed E-state index contributed by atoms with van der Waals surface area (Å²) in [6, 6.07) is 4.09. The minimum atomic E-state index is -1.27. The van der Waals surface area contributed by atoms with Crippen molar-refractivity contribution in [1.29, 1.82) is 0 Å². The van der Waals surface area contributed by atoms with E-state index in [4.69, 9.17) is 10.2 Å². The summed E-state index contributed by atoms with van der Waals surface area (Å²) in [5.41, 5.74) is 4.14. The highest BCUT2D eigenvalue weighted by molar-refractivity contribution is 6.03. The topological polar surface area (TPSA) is 114 Å². The first-order valence-corrected chi connectivity index (χ1v) is 8.64. The van der Waals surface area contributed by atoms with Gasteiger partial charge in [-0.25, -0.2) is 14.4 Å². The van der Waals surface area contributed by atoms with Crippen LogP contribution in [-0.2, 0) is 10.3 Å². The zero-order chi connectivity index (χ0) is 20.9. The summed E-state index contributed by atoms with van der Waals surface area (Å²) in [4.78, 5) is 34.7. The lowest BCUT2D eigenvalue weighted by Gasteiger charge is -2.46. The maximum atomic E-state index is 14.8. The molecule has 1 aromatic heterocycles. The Morgan fingerprint density at radius 1 is 1.32 bits per heavy atom. The fourth-order valence-electron chi connectivity index (χ4n) is 3.21. The van der Waals surface area contributed by atoms with E-state index in [-0.39, 0.29) is 23.1 Å². The highest BCUT2D eigenvalue weighted by Gasteiger charge is 2.53. The number of aromatic nitrogens is 1. The molecule has 2 amide bonds. The molecule has 1 aliphatic rings. The molecule has 2 heterocycles. The first-order valence-electron chi connectivity index (χ1n) is 8.64. The fraction of sp³-hybridized carbons (Fsp3) is 0.368. The van der Waals surface area contributed by atoms with Gasteiger partial charge < -0.3 is 15.5 Å². The summed E-state index contributed by atoms with van der Waals surface area (Å²) in [7, 11) is 1.52. The molecule has 9 heteroatoms. The van der Waals surface area contributed by atoms with Crippen molar-refractivity contribution in [1.82, 2.24) is 9.88 Å². The van der Waals surface area contributed by atoms with E-state index < -0.39 is 22.7 Å². The second-order valence-corrected chi connectivity index (χ2v) is 7.43. The van der Waals surface area contributed by atoms with Crippen molar-refractivity contribution in [3.8, 4) is 0 Å². The number of nitrogens with two attached hydrogens (primary N) is 1. The van der Waals surface area contributed by atoms with E-state index in [1.807, 2.05) is 0 Å². The van der Waals surface area contributed by atoms with Crippen molar-refractivity contribution in [2.24, 2.45) is 16.1 Å². The van der Waals surface area contributed by atoms with E-state index in [9.17, 15) is 14.0 Å². The second kappa shape index (κ2) is 6.43. The molecule has 28 heavy (non-hydrogen) atoms. The zero-order valence-electron chi connectivity index (χ0n) is 16.3. The standard InChI is InChI=1S/C19H22FN5O3/c1-10-22-14(9-28-10)15(26)23-11-6-7-13(20)12(8-11)19(4)18(2,3)16(27)25(5)17(21)24-19/h6-9H,1-5H3,(H2,21,24)(H,23,26)/t19-/m1/s1. The third kappa shape index (κ3) is 2.92. The molecular formula is C19H22FN5O3. The van der Waals surface area contributed by atoms with Gasteiger partial charge in [0.05, 0.1) is 5.41 Å². The second-order valence-electron chi connectivity index (χ2n) is 7.43. The van der Waals surface area contributed by atoms with Crippen molar-refractivity contribution in [2.75, 3.05) is 12.4 Å². The number of oxazole rings is 1. The van der Waals surface area contributed by atoms with Crippen LogP contribution in [0.1, 0.15) is 42.7 Å². The number of halogens is 1. The predicted molar refractivity (Wildman–Crippen MR) is 101 cm³/mol. The Hall–Kier alpha value is -3.23. The van der Waals surface area contributed by atoms with Gasteiger partial charge in [-0.2, -0.15) is 0 Å². The molecule has 0 saturated carbocycles. The molecule has 1 aromatic carbocycles. The van der Waals surface area contributed by atoms with Crippen LogP contribution < -0.4 is 11.1 Å². The minimum absolute atomic E-state index is 0.00117. The highest BCUT2D eigenvalue weighted by Crippen LogP contribution is 2.47. The number of hydrogen-bond donors (Lipinski definition) is 2. The molecule has 0 saturated heterocycles. The molecule has 148 valence electrons. The van der Waals surface area contributed by atoms with Crippen LogP contribution in [0.2, 0.25) is 0 Å². The Morgan fingerprint density at radius 3 is 2.61 bits per heavy atom. The van der Waals surface area contributed by atoms with Gasteiger partial charge in [-0.1, -0.05) is 0 Å². The molecule has 0 fully saturated rings. The number of rotatable bonds is 3. The number of aliphatic imine (C=N–C) groups is 1. The Labute approximate surface area is 161 Å². The van der Waals surface area contributed by atoms with Gasteiger partial charge in [0.2, 0.25) is 5.91 Å². The van der Waals surface area contributed by atoms with Crippen molar-refractivity contribution >= 4 is 23.5 Å². The van der Waals surface area contributed by atoms with Gasteiger partial charge in [0, 0.05) is 25.2 Å². The van der Waals surface area contributed by atoms with Gasteiger partial charge >= 0.3 is 0 Å². The molecule has 0 radical (unpaired) electrons. The number of benzene rings is 1. The summed E-state index contributed by atoms with van der Waals surface area (Å²) in [5.74, 6) is -0.983. The minimum Gasteiger partial charge on any atom is -0.448 e. The number of carbonyl (C=O) groups is 2. The Bertz CT molecular complexity index is 997. The molecule has 0 spiro atoms. The zero-order valence-corrected chi connectivity index (χ0v) is 16.3. The SMILES string of the molecule is Cc1nc(C(=O)Nc2ccc(F)c([C@@]3(C)N=C(N)N(C)C(=O)C3(C)C)c2)co1. The molecule has 3 N–H and O–H groups in total. The first kappa shape index (κ1) is 19.5. The molecular weight excluding hydrogens is 365 g/mol. The van der Waals surface area contributed by atoms with E-state index in [1.54, 1.807) is 27.7 Å². The van der Waals surface area contributed by atoms with Crippen LogP contribution in [0, 0.1) is 18.2 Å². The van der Waals surface area contributed by atoms with Gasteiger partial charge in [0.15, 0.2) is 17.5 Å². The molecule has 1 aliphatic heterocycles. The van der Waals surface area contributed by atoms with E-state index in [2.05, 4.69) is 15.3 Å². The third-order valence-corrected chi connectivity index (χ3v) is 5.34. The number of nitrogens with one attached hydrogen (secondary N) is 1. The number of amides is 2. The number of hydrogen-bond acceptors (Lipinski definition) is 6. The third-order valence-electron chi connectivity index (χ3n) is 5.34. The number of carbonyl (C=O) groups excluding carboxylic acids is 2. The Balaban J connectivity index is 2.04. The van der Waals surface area contributed by atoms with Crippen LogP contribution in [0.4, 0.5) is 10.1 Å². The van der Waals surface area contributed by atoms with Crippen molar-refractivity contribution in [3.05, 3.63) is 47.4 Å². The maximum Gasteiger partial charge on any atom is 0.277 e. The van der Waals surface area contributed by atoms with Crippen molar-refractivity contribution < 1.29 is 18.4 Å². The molecule has 1 atom stereocenters.